The van der Waals surface area contributed by atoms with Gasteiger partial charge >= 0.3 is 0 Å². The van der Waals surface area contributed by atoms with Crippen molar-refractivity contribution < 1.29 is 14.3 Å². The van der Waals surface area contributed by atoms with Crippen LogP contribution in [0.3, 0.4) is 0 Å². The van der Waals surface area contributed by atoms with Gasteiger partial charge < -0.3 is 4.74 Å². The number of amides is 2. The average molecular weight is 416 g/mol. The van der Waals surface area contributed by atoms with Gasteiger partial charge in [0, 0.05) is 12.4 Å². The van der Waals surface area contributed by atoms with Gasteiger partial charge in [0.15, 0.2) is 11.8 Å². The molecule has 3 aromatic carbocycles. The molecular weight excluding hydrogens is 396 g/mol. The van der Waals surface area contributed by atoms with E-state index in [2.05, 4.69) is 16.0 Å². The second kappa shape index (κ2) is 8.27. The lowest BCUT2D eigenvalue weighted by atomic mass is 10.1. The molecule has 0 unspecified atom stereocenters. The fourth-order valence-corrected chi connectivity index (χ4v) is 3.24. The largest absolute Gasteiger partial charge is 0.481 e. The van der Waals surface area contributed by atoms with Crippen molar-refractivity contribution in [3.8, 4) is 5.75 Å². The molecule has 0 aliphatic carbocycles. The molecule has 31 heavy (non-hydrogen) atoms. The maximum atomic E-state index is 12.6. The Hall–Kier alpha value is -4.20. The number of nitrogens with zero attached hydrogens (tertiary/aromatic N) is 2. The molecule has 8 nitrogen and oxygen atoms in total. The summed E-state index contributed by atoms with van der Waals surface area (Å²) in [6.07, 6.45) is -0.855. The van der Waals surface area contributed by atoms with Crippen molar-refractivity contribution >= 4 is 33.4 Å². The lowest BCUT2D eigenvalue weighted by Crippen LogP contribution is -2.47. The minimum Gasteiger partial charge on any atom is -0.481 e. The zero-order valence-corrected chi connectivity index (χ0v) is 17.0. The van der Waals surface area contributed by atoms with Crippen LogP contribution < -0.4 is 21.1 Å². The Bertz CT molecular complexity index is 1360. The highest BCUT2D eigenvalue weighted by Crippen LogP contribution is 2.21. The minimum absolute atomic E-state index is 0.0288. The molecule has 8 heteroatoms. The molecular formula is C23H20N4O4. The number of fused-ring (bicyclic) bond motifs is 2. The first-order chi connectivity index (χ1) is 14.9. The van der Waals surface area contributed by atoms with Crippen LogP contribution in [0.1, 0.15) is 17.4 Å². The van der Waals surface area contributed by atoms with E-state index < -0.39 is 17.9 Å². The highest BCUT2D eigenvalue weighted by atomic mass is 16.5. The van der Waals surface area contributed by atoms with Crippen molar-refractivity contribution in [3.63, 3.8) is 0 Å². The van der Waals surface area contributed by atoms with E-state index in [-0.39, 0.29) is 11.3 Å². The van der Waals surface area contributed by atoms with Crippen molar-refractivity contribution in [2.45, 2.75) is 13.0 Å². The molecule has 0 aliphatic rings. The Kier molecular flexibility index (Phi) is 5.36. The first-order valence-electron chi connectivity index (χ1n) is 9.66. The summed E-state index contributed by atoms with van der Waals surface area (Å²) in [4.78, 5) is 37.2. The summed E-state index contributed by atoms with van der Waals surface area (Å²) in [6, 6.07) is 20.0. The summed E-state index contributed by atoms with van der Waals surface area (Å²) in [5.74, 6) is -0.632. The fraction of sp³-hybridized carbons (Fsp3) is 0.130. The predicted molar refractivity (Wildman–Crippen MR) is 117 cm³/mol. The van der Waals surface area contributed by atoms with Crippen LogP contribution in [0.15, 0.2) is 71.5 Å². The van der Waals surface area contributed by atoms with Gasteiger partial charge in [-0.25, -0.2) is 4.68 Å². The van der Waals surface area contributed by atoms with Crippen LogP contribution in [0.25, 0.3) is 21.5 Å². The van der Waals surface area contributed by atoms with Crippen molar-refractivity contribution in [2.24, 2.45) is 7.05 Å². The normalized spacial score (nSPS) is 11.8. The Morgan fingerprint density at radius 1 is 0.935 bits per heavy atom. The van der Waals surface area contributed by atoms with Crippen LogP contribution in [0.4, 0.5) is 0 Å². The van der Waals surface area contributed by atoms with Gasteiger partial charge in [0.05, 0.1) is 5.39 Å². The molecule has 0 aliphatic heterocycles. The molecule has 1 atom stereocenters. The Morgan fingerprint density at radius 2 is 1.61 bits per heavy atom. The first kappa shape index (κ1) is 20.1. The summed E-state index contributed by atoms with van der Waals surface area (Å²) < 4.78 is 6.79. The summed E-state index contributed by atoms with van der Waals surface area (Å²) in [7, 11) is 1.46. The Labute approximate surface area is 177 Å². The number of ether oxygens (including phenoxy) is 1. The van der Waals surface area contributed by atoms with Crippen LogP contribution in [-0.2, 0) is 11.8 Å². The SMILES string of the molecule is C[C@@H](Oc1ccc2ccccc2c1)C(=O)NNC(=O)c1nn(C)c(=O)c2ccccc12. The molecule has 0 saturated heterocycles. The third-order valence-corrected chi connectivity index (χ3v) is 4.87. The quantitative estimate of drug-likeness (QED) is 0.497. The van der Waals surface area contributed by atoms with E-state index in [0.717, 1.165) is 15.5 Å². The van der Waals surface area contributed by atoms with Gasteiger partial charge in [-0.05, 0) is 35.9 Å². The van der Waals surface area contributed by atoms with Gasteiger partial charge in [0.25, 0.3) is 17.4 Å². The summed E-state index contributed by atoms with van der Waals surface area (Å²) in [6.45, 7) is 1.58. The van der Waals surface area contributed by atoms with Crippen LogP contribution >= 0.6 is 0 Å². The van der Waals surface area contributed by atoms with E-state index in [4.69, 9.17) is 4.74 Å². The number of hydrogen-bond acceptors (Lipinski definition) is 5. The maximum absolute atomic E-state index is 12.6. The molecule has 0 bridgehead atoms. The van der Waals surface area contributed by atoms with Gasteiger partial charge in [0.2, 0.25) is 0 Å². The molecule has 2 N–H and O–H groups in total. The van der Waals surface area contributed by atoms with Crippen molar-refractivity contribution in [1.82, 2.24) is 20.6 Å². The number of hydrazine groups is 1. The van der Waals surface area contributed by atoms with E-state index in [1.54, 1.807) is 37.3 Å². The highest BCUT2D eigenvalue weighted by Gasteiger charge is 2.19. The molecule has 0 radical (unpaired) electrons. The second-order valence-corrected chi connectivity index (χ2v) is 7.04. The number of aromatic nitrogens is 2. The Morgan fingerprint density at radius 3 is 2.39 bits per heavy atom. The standard InChI is InChI=1S/C23H20N4O4/c1-14(31-17-12-11-15-7-3-4-8-16(15)13-17)21(28)24-25-22(29)20-18-9-5-6-10-19(18)23(30)27(2)26-20/h3-14H,1-2H3,(H,24,28)(H,25,29)/t14-/m1/s1. The van der Waals surface area contributed by atoms with E-state index in [0.29, 0.717) is 16.5 Å². The van der Waals surface area contributed by atoms with Gasteiger partial charge in [-0.3, -0.25) is 25.2 Å². The van der Waals surface area contributed by atoms with Crippen LogP contribution in [0.5, 0.6) is 5.75 Å². The topological polar surface area (TPSA) is 102 Å². The van der Waals surface area contributed by atoms with Gasteiger partial charge in [-0.15, -0.1) is 0 Å². The highest BCUT2D eigenvalue weighted by molar-refractivity contribution is 6.05. The number of rotatable bonds is 4. The molecule has 0 spiro atoms. The smallest absolute Gasteiger partial charge is 0.290 e. The van der Waals surface area contributed by atoms with Crippen LogP contribution in [0.2, 0.25) is 0 Å². The Balaban J connectivity index is 1.44. The van der Waals surface area contributed by atoms with Crippen LogP contribution in [-0.4, -0.2) is 27.7 Å². The van der Waals surface area contributed by atoms with Gasteiger partial charge in [-0.1, -0.05) is 48.5 Å². The zero-order valence-electron chi connectivity index (χ0n) is 17.0. The van der Waals surface area contributed by atoms with E-state index in [1.807, 2.05) is 36.4 Å². The lowest BCUT2D eigenvalue weighted by molar-refractivity contribution is -0.128. The van der Waals surface area contributed by atoms with Crippen molar-refractivity contribution in [3.05, 3.63) is 82.8 Å². The third kappa shape index (κ3) is 4.09. The number of nitrogens with one attached hydrogen (secondary N) is 2. The molecule has 1 heterocycles. The van der Waals surface area contributed by atoms with Crippen molar-refractivity contribution in [1.29, 1.82) is 0 Å². The average Bonchev–Trinajstić information content (AvgIpc) is 2.79. The van der Waals surface area contributed by atoms with E-state index in [9.17, 15) is 14.4 Å². The number of carbonyl (C=O) groups is 2. The lowest BCUT2D eigenvalue weighted by Gasteiger charge is -2.16. The van der Waals surface area contributed by atoms with E-state index in [1.165, 1.54) is 7.05 Å². The molecule has 2 amide bonds. The molecule has 0 fully saturated rings. The first-order valence-corrected chi connectivity index (χ1v) is 9.66. The number of aryl methyl sites for hydroxylation is 1. The maximum Gasteiger partial charge on any atom is 0.290 e. The molecule has 156 valence electrons. The van der Waals surface area contributed by atoms with Gasteiger partial charge in [0.1, 0.15) is 5.75 Å². The third-order valence-electron chi connectivity index (χ3n) is 4.87. The molecule has 0 saturated carbocycles. The van der Waals surface area contributed by atoms with E-state index >= 15 is 0 Å². The fourth-order valence-electron chi connectivity index (χ4n) is 3.24. The summed E-state index contributed by atoms with van der Waals surface area (Å²) >= 11 is 0. The summed E-state index contributed by atoms with van der Waals surface area (Å²) in [5, 5.41) is 6.86. The minimum atomic E-state index is -0.855. The zero-order chi connectivity index (χ0) is 22.0. The molecule has 4 rings (SSSR count). The van der Waals surface area contributed by atoms with Gasteiger partial charge in [-0.2, -0.15) is 5.10 Å². The number of benzene rings is 3. The second-order valence-electron chi connectivity index (χ2n) is 7.04. The number of carbonyl (C=O) groups excluding carboxylic acids is 2. The number of hydrogen-bond donors (Lipinski definition) is 2. The molecule has 4 aromatic rings. The monoisotopic (exact) mass is 416 g/mol. The van der Waals surface area contributed by atoms with Crippen LogP contribution in [0, 0.1) is 0 Å². The predicted octanol–water partition coefficient (Wildman–Crippen LogP) is 2.32. The molecule has 1 aromatic heterocycles. The van der Waals surface area contributed by atoms with Crippen molar-refractivity contribution in [2.75, 3.05) is 0 Å². The summed E-state index contributed by atoms with van der Waals surface area (Å²) in [5.41, 5.74) is 4.40.